The minimum Gasteiger partial charge on any atom is -0.466 e. The summed E-state index contributed by atoms with van der Waals surface area (Å²) in [4.78, 5) is 11.6. The fraction of sp³-hybridized carbons (Fsp3) is 0.286. The third-order valence-electron chi connectivity index (χ3n) is 3.16. The number of aromatic nitrogens is 2. The van der Waals surface area contributed by atoms with Crippen molar-refractivity contribution in [3.05, 3.63) is 30.2 Å². The largest absolute Gasteiger partial charge is 0.466 e. The molecule has 0 radical (unpaired) electrons. The summed E-state index contributed by atoms with van der Waals surface area (Å²) in [6, 6.07) is 3.93. The van der Waals surface area contributed by atoms with Crippen LogP contribution in [-0.4, -0.2) is 22.4 Å². The summed E-state index contributed by atoms with van der Waals surface area (Å²) >= 11 is 0. The molecule has 0 bridgehead atoms. The first-order chi connectivity index (χ1) is 9.19. The Hall–Kier alpha value is -2.30. The first kappa shape index (κ1) is 11.8. The van der Waals surface area contributed by atoms with Crippen LogP contribution in [0.2, 0.25) is 0 Å². The predicted molar refractivity (Wildman–Crippen MR) is 70.8 cm³/mol. The molecular formula is C14H14N2O3. The molecular weight excluding hydrogens is 244 g/mol. The highest BCUT2D eigenvalue weighted by Gasteiger charge is 2.13. The van der Waals surface area contributed by atoms with Gasteiger partial charge in [-0.25, -0.2) is 0 Å². The second-order valence-electron chi connectivity index (χ2n) is 4.42. The number of carbonyl (C=O) groups excluding carboxylic acids is 1. The van der Waals surface area contributed by atoms with Gasteiger partial charge in [-0.3, -0.25) is 9.48 Å². The Morgan fingerprint density at radius 1 is 1.47 bits per heavy atom. The molecule has 1 aromatic carbocycles. The van der Waals surface area contributed by atoms with Gasteiger partial charge in [0.15, 0.2) is 0 Å². The molecule has 0 saturated carbocycles. The van der Waals surface area contributed by atoms with E-state index in [1.54, 1.807) is 24.1 Å². The van der Waals surface area contributed by atoms with E-state index < -0.39 is 0 Å². The molecule has 0 saturated heterocycles. The van der Waals surface area contributed by atoms with Crippen molar-refractivity contribution in [3.8, 4) is 0 Å². The molecule has 0 fully saturated rings. The van der Waals surface area contributed by atoms with Crippen molar-refractivity contribution in [2.75, 3.05) is 6.61 Å². The number of aryl methyl sites for hydroxylation is 1. The molecule has 0 atom stereocenters. The van der Waals surface area contributed by atoms with Crippen molar-refractivity contribution in [1.82, 2.24) is 9.78 Å². The van der Waals surface area contributed by atoms with Crippen molar-refractivity contribution in [2.45, 2.75) is 13.3 Å². The Kier molecular flexibility index (Phi) is 2.74. The number of fused-ring (bicyclic) bond motifs is 2. The number of carbonyl (C=O) groups is 1. The highest BCUT2D eigenvalue weighted by Crippen LogP contribution is 2.27. The molecule has 0 aliphatic heterocycles. The molecule has 0 aliphatic carbocycles. The second-order valence-corrected chi connectivity index (χ2v) is 4.42. The van der Waals surface area contributed by atoms with Crippen LogP contribution in [0.5, 0.6) is 0 Å². The van der Waals surface area contributed by atoms with Gasteiger partial charge in [-0.15, -0.1) is 0 Å². The van der Waals surface area contributed by atoms with E-state index in [0.29, 0.717) is 6.61 Å². The Bertz CT molecular complexity index is 755. The van der Waals surface area contributed by atoms with E-state index in [1.165, 1.54) is 0 Å². The van der Waals surface area contributed by atoms with Crippen LogP contribution in [0.15, 0.2) is 29.0 Å². The maximum Gasteiger partial charge on any atom is 0.310 e. The zero-order valence-corrected chi connectivity index (χ0v) is 10.8. The van der Waals surface area contributed by atoms with Crippen molar-refractivity contribution < 1.29 is 13.9 Å². The van der Waals surface area contributed by atoms with E-state index in [9.17, 15) is 4.79 Å². The van der Waals surface area contributed by atoms with Crippen LogP contribution in [0.3, 0.4) is 0 Å². The summed E-state index contributed by atoms with van der Waals surface area (Å²) in [6.07, 6.45) is 3.64. The molecule has 19 heavy (non-hydrogen) atoms. The van der Waals surface area contributed by atoms with Crippen LogP contribution in [0, 0.1) is 0 Å². The number of nitrogens with zero attached hydrogens (tertiary/aromatic N) is 2. The summed E-state index contributed by atoms with van der Waals surface area (Å²) in [5, 5.41) is 6.16. The lowest BCUT2D eigenvalue weighted by Crippen LogP contribution is -2.06. The first-order valence-electron chi connectivity index (χ1n) is 6.16. The van der Waals surface area contributed by atoms with Crippen molar-refractivity contribution in [3.63, 3.8) is 0 Å². The monoisotopic (exact) mass is 258 g/mol. The molecule has 5 heteroatoms. The van der Waals surface area contributed by atoms with Gasteiger partial charge >= 0.3 is 5.97 Å². The van der Waals surface area contributed by atoms with E-state index in [2.05, 4.69) is 5.10 Å². The number of furan rings is 1. The third kappa shape index (κ3) is 1.97. The normalized spacial score (nSPS) is 11.3. The second kappa shape index (κ2) is 4.42. The molecule has 3 aromatic rings. The zero-order valence-electron chi connectivity index (χ0n) is 10.8. The number of ether oxygens (including phenoxy) is 1. The van der Waals surface area contributed by atoms with E-state index >= 15 is 0 Å². The molecule has 2 aromatic heterocycles. The van der Waals surface area contributed by atoms with Gasteiger partial charge in [-0.2, -0.15) is 5.10 Å². The van der Waals surface area contributed by atoms with Gasteiger partial charge < -0.3 is 9.15 Å². The standard InChI is InChI=1S/C14H14N2O3/c1-3-18-14(17)5-10-8-19-13-4-9-7-15-16(2)12(9)6-11(10)13/h4,6-8H,3,5H2,1-2H3. The molecule has 3 rings (SSSR count). The summed E-state index contributed by atoms with van der Waals surface area (Å²) < 4.78 is 12.3. The Labute approximate surface area is 109 Å². The average molecular weight is 258 g/mol. The molecule has 0 unspecified atom stereocenters. The maximum absolute atomic E-state index is 11.6. The van der Waals surface area contributed by atoms with Gasteiger partial charge in [0.05, 0.1) is 31.0 Å². The Morgan fingerprint density at radius 3 is 3.11 bits per heavy atom. The highest BCUT2D eigenvalue weighted by atomic mass is 16.5. The zero-order chi connectivity index (χ0) is 13.4. The number of hydrogen-bond acceptors (Lipinski definition) is 4. The lowest BCUT2D eigenvalue weighted by molar-refractivity contribution is -0.142. The van der Waals surface area contributed by atoms with Gasteiger partial charge in [0.25, 0.3) is 0 Å². The molecule has 2 heterocycles. The van der Waals surface area contributed by atoms with E-state index in [4.69, 9.17) is 9.15 Å². The average Bonchev–Trinajstić information content (AvgIpc) is 2.93. The minimum atomic E-state index is -0.240. The third-order valence-corrected chi connectivity index (χ3v) is 3.16. The van der Waals surface area contributed by atoms with Gasteiger partial charge in [-0.05, 0) is 19.1 Å². The van der Waals surface area contributed by atoms with E-state index in [-0.39, 0.29) is 12.4 Å². The molecule has 0 spiro atoms. The number of benzene rings is 1. The van der Waals surface area contributed by atoms with Crippen LogP contribution in [-0.2, 0) is 23.0 Å². The van der Waals surface area contributed by atoms with E-state index in [0.717, 1.165) is 27.4 Å². The van der Waals surface area contributed by atoms with Crippen LogP contribution in [0.25, 0.3) is 21.9 Å². The Balaban J connectivity index is 2.08. The van der Waals surface area contributed by atoms with Crippen molar-refractivity contribution in [1.29, 1.82) is 0 Å². The maximum atomic E-state index is 11.6. The van der Waals surface area contributed by atoms with Crippen molar-refractivity contribution >= 4 is 27.8 Å². The number of esters is 1. The van der Waals surface area contributed by atoms with Gasteiger partial charge in [-0.1, -0.05) is 0 Å². The van der Waals surface area contributed by atoms with Crippen molar-refractivity contribution in [2.24, 2.45) is 7.05 Å². The fourth-order valence-electron chi connectivity index (χ4n) is 2.23. The molecule has 0 N–H and O–H groups in total. The summed E-state index contributed by atoms with van der Waals surface area (Å²) in [5.74, 6) is -0.240. The predicted octanol–water partition coefficient (Wildman–Crippen LogP) is 2.43. The van der Waals surface area contributed by atoms with Gasteiger partial charge in [0, 0.05) is 23.4 Å². The minimum absolute atomic E-state index is 0.226. The smallest absolute Gasteiger partial charge is 0.310 e. The van der Waals surface area contributed by atoms with Crippen LogP contribution >= 0.6 is 0 Å². The van der Waals surface area contributed by atoms with Crippen LogP contribution < -0.4 is 0 Å². The summed E-state index contributed by atoms with van der Waals surface area (Å²) in [6.45, 7) is 2.19. The van der Waals surface area contributed by atoms with E-state index in [1.807, 2.05) is 19.2 Å². The van der Waals surface area contributed by atoms with Gasteiger partial charge in [0.2, 0.25) is 0 Å². The number of hydrogen-bond donors (Lipinski definition) is 0. The Morgan fingerprint density at radius 2 is 2.32 bits per heavy atom. The lowest BCUT2D eigenvalue weighted by Gasteiger charge is -2.00. The number of rotatable bonds is 3. The SMILES string of the molecule is CCOC(=O)Cc1coc2cc3cnn(C)c3cc12. The first-order valence-corrected chi connectivity index (χ1v) is 6.16. The molecule has 98 valence electrons. The highest BCUT2D eigenvalue weighted by molar-refractivity contribution is 5.96. The quantitative estimate of drug-likeness (QED) is 0.677. The molecule has 0 aliphatic rings. The summed E-state index contributed by atoms with van der Waals surface area (Å²) in [7, 11) is 1.89. The van der Waals surface area contributed by atoms with Crippen LogP contribution in [0.4, 0.5) is 0 Å². The molecule has 0 amide bonds. The fourth-order valence-corrected chi connectivity index (χ4v) is 2.23. The lowest BCUT2D eigenvalue weighted by atomic mass is 10.1. The summed E-state index contributed by atoms with van der Waals surface area (Å²) in [5.41, 5.74) is 2.62. The molecule has 5 nitrogen and oxygen atoms in total. The topological polar surface area (TPSA) is 57.3 Å². The van der Waals surface area contributed by atoms with Gasteiger partial charge in [0.1, 0.15) is 5.58 Å². The van der Waals surface area contributed by atoms with Crippen LogP contribution in [0.1, 0.15) is 12.5 Å².